The number of fused-ring (bicyclic) bond motifs is 2. The standard InChI is InChI=1S/C22H22N2O8/c1-7-8-5-4-6-9(25)11(8)16(26)12-10(7)20(32-22(12)31)13-15(24(2)3)17(27)14(21(23)30)19(29)18(13)28/h4-6,13,15,18,20,25-28H,1-3H3,(H2,23,30)/t13-,15-,18-,20+/m1/s1. The van der Waals surface area contributed by atoms with Gasteiger partial charge >= 0.3 is 5.97 Å². The number of aliphatic hydroxyl groups excluding tert-OH is 2. The average Bonchev–Trinajstić information content (AvgIpc) is 3.05. The number of primary amides is 1. The molecule has 0 spiro atoms. The van der Waals surface area contributed by atoms with E-state index in [2.05, 4.69) is 0 Å². The van der Waals surface area contributed by atoms with Crippen molar-refractivity contribution >= 4 is 28.4 Å². The summed E-state index contributed by atoms with van der Waals surface area (Å²) in [7, 11) is 3.10. The Kier molecular flexibility index (Phi) is 4.87. The zero-order valence-electron chi connectivity index (χ0n) is 17.5. The largest absolute Gasteiger partial charge is 0.510 e. The first-order chi connectivity index (χ1) is 15.0. The molecule has 2 aromatic rings. The van der Waals surface area contributed by atoms with Crippen molar-refractivity contribution in [1.82, 2.24) is 4.90 Å². The number of rotatable bonds is 3. The second kappa shape index (κ2) is 7.21. The minimum Gasteiger partial charge on any atom is -0.510 e. The van der Waals surface area contributed by atoms with Crippen LogP contribution in [0.1, 0.15) is 27.6 Å². The Morgan fingerprint density at radius 2 is 1.81 bits per heavy atom. The highest BCUT2D eigenvalue weighted by Gasteiger charge is 2.54. The number of cyclic esters (lactones) is 1. The maximum atomic E-state index is 12.8. The van der Waals surface area contributed by atoms with E-state index in [1.807, 2.05) is 0 Å². The topological polar surface area (TPSA) is 171 Å². The summed E-state index contributed by atoms with van der Waals surface area (Å²) < 4.78 is 5.52. The zero-order chi connectivity index (χ0) is 23.6. The molecule has 0 fully saturated rings. The first-order valence-electron chi connectivity index (χ1n) is 9.78. The minimum absolute atomic E-state index is 0.0736. The second-order valence-electron chi connectivity index (χ2n) is 8.21. The Balaban J connectivity index is 1.99. The Hall–Kier alpha value is -3.63. The van der Waals surface area contributed by atoms with Gasteiger partial charge in [0.25, 0.3) is 5.91 Å². The number of nitrogens with two attached hydrogens (primary N) is 1. The average molecular weight is 442 g/mol. The molecule has 0 saturated carbocycles. The van der Waals surface area contributed by atoms with E-state index in [4.69, 9.17) is 10.5 Å². The van der Waals surface area contributed by atoms with Crippen LogP contribution < -0.4 is 5.73 Å². The Morgan fingerprint density at radius 1 is 1.16 bits per heavy atom. The highest BCUT2D eigenvalue weighted by molar-refractivity contribution is 6.21. The number of Topliss-reactive ketones (excluding diaryl/α,β-unsaturated/α-hetero) is 1. The van der Waals surface area contributed by atoms with Gasteiger partial charge in [0.05, 0.1) is 17.3 Å². The highest BCUT2D eigenvalue weighted by Crippen LogP contribution is 2.51. The van der Waals surface area contributed by atoms with E-state index in [0.717, 1.165) is 0 Å². The highest BCUT2D eigenvalue weighted by atomic mass is 16.6. The molecule has 0 saturated heterocycles. The summed E-state index contributed by atoms with van der Waals surface area (Å²) in [6.45, 7) is 1.65. The number of carbonyl (C=O) groups excluding carboxylic acids is 3. The molecule has 1 heterocycles. The van der Waals surface area contributed by atoms with Gasteiger partial charge in [-0.25, -0.2) is 4.79 Å². The van der Waals surface area contributed by atoms with Gasteiger partial charge in [0.2, 0.25) is 5.78 Å². The van der Waals surface area contributed by atoms with Gasteiger partial charge in [0, 0.05) is 5.56 Å². The summed E-state index contributed by atoms with van der Waals surface area (Å²) >= 11 is 0. The van der Waals surface area contributed by atoms with Crippen LogP contribution >= 0.6 is 0 Å². The monoisotopic (exact) mass is 442 g/mol. The number of hydrogen-bond donors (Lipinski definition) is 5. The Morgan fingerprint density at radius 3 is 2.41 bits per heavy atom. The van der Waals surface area contributed by atoms with Gasteiger partial charge in [0.1, 0.15) is 40.6 Å². The number of amides is 1. The molecular formula is C22H22N2O8. The molecule has 10 nitrogen and oxygen atoms in total. The Labute approximate surface area is 182 Å². The van der Waals surface area contributed by atoms with Gasteiger partial charge in [-0.15, -0.1) is 0 Å². The molecule has 2 aliphatic rings. The van der Waals surface area contributed by atoms with E-state index >= 15 is 0 Å². The number of ether oxygens (including phenoxy) is 1. The van der Waals surface area contributed by atoms with Crippen LogP contribution in [0.5, 0.6) is 11.5 Å². The predicted octanol–water partition coefficient (Wildman–Crippen LogP) is 0.558. The molecule has 32 heavy (non-hydrogen) atoms. The first kappa shape index (κ1) is 21.6. The van der Waals surface area contributed by atoms with Gasteiger partial charge in [-0.3, -0.25) is 14.5 Å². The van der Waals surface area contributed by atoms with Crippen LogP contribution in [0.2, 0.25) is 0 Å². The van der Waals surface area contributed by atoms with Crippen molar-refractivity contribution in [3.63, 3.8) is 0 Å². The van der Waals surface area contributed by atoms with Crippen molar-refractivity contribution in [3.05, 3.63) is 46.2 Å². The number of carbonyl (C=O) groups is 3. The quantitative estimate of drug-likeness (QED) is 0.336. The van der Waals surface area contributed by atoms with Crippen LogP contribution in [0.4, 0.5) is 0 Å². The van der Waals surface area contributed by atoms with Crippen LogP contribution in [-0.2, 0) is 14.3 Å². The van der Waals surface area contributed by atoms with Crippen molar-refractivity contribution in [2.75, 3.05) is 14.1 Å². The summed E-state index contributed by atoms with van der Waals surface area (Å²) in [5, 5.41) is 43.1. The number of benzene rings is 2. The van der Waals surface area contributed by atoms with Gasteiger partial charge in [-0.2, -0.15) is 0 Å². The van der Waals surface area contributed by atoms with Crippen LogP contribution in [0.25, 0.3) is 10.8 Å². The summed E-state index contributed by atoms with van der Waals surface area (Å²) in [5.41, 5.74) is 5.05. The van der Waals surface area contributed by atoms with E-state index in [9.17, 15) is 34.8 Å². The van der Waals surface area contributed by atoms with Crippen molar-refractivity contribution in [2.24, 2.45) is 11.7 Å². The molecule has 6 N–H and O–H groups in total. The number of likely N-dealkylation sites (N-methyl/N-ethyl adjacent to an activating group) is 1. The van der Waals surface area contributed by atoms with Crippen LogP contribution in [0, 0.1) is 12.8 Å². The van der Waals surface area contributed by atoms with Gasteiger partial charge < -0.3 is 30.9 Å². The lowest BCUT2D eigenvalue weighted by molar-refractivity contribution is -0.136. The number of aliphatic hydroxyl groups is 2. The number of aromatic hydroxyl groups is 2. The maximum Gasteiger partial charge on any atom is 0.343 e. The number of phenolic OH excluding ortho intramolecular Hbond substituents is 2. The lowest BCUT2D eigenvalue weighted by Crippen LogP contribution is -2.54. The second-order valence-corrected chi connectivity index (χ2v) is 8.21. The molecule has 0 radical (unpaired) electrons. The molecule has 1 aliphatic heterocycles. The molecule has 1 aliphatic carbocycles. The van der Waals surface area contributed by atoms with Crippen molar-refractivity contribution in [1.29, 1.82) is 0 Å². The number of nitrogens with zero attached hydrogens (tertiary/aromatic N) is 1. The van der Waals surface area contributed by atoms with Gasteiger partial charge in [-0.05, 0) is 38.0 Å². The van der Waals surface area contributed by atoms with E-state index in [1.165, 1.54) is 11.0 Å². The fraction of sp³-hybridized carbons (Fsp3) is 0.318. The number of phenols is 2. The SMILES string of the molecule is Cc1c2c(c(O)c3c(O)cccc13)C(=O)O[C@@H]2[C@H]1[C@@H](O)C(=O)C(C(N)=O)=C(O)[C@@H]1N(C)C. The first-order valence-corrected chi connectivity index (χ1v) is 9.78. The number of ketones is 1. The molecule has 4 atom stereocenters. The number of hydrogen-bond acceptors (Lipinski definition) is 9. The number of esters is 1. The van der Waals surface area contributed by atoms with E-state index < -0.39 is 58.9 Å². The minimum atomic E-state index is -1.83. The summed E-state index contributed by atoms with van der Waals surface area (Å²) in [4.78, 5) is 38.7. The van der Waals surface area contributed by atoms with E-state index in [1.54, 1.807) is 33.2 Å². The lowest BCUT2D eigenvalue weighted by atomic mass is 9.74. The third-order valence-electron chi connectivity index (χ3n) is 6.25. The fourth-order valence-electron chi connectivity index (χ4n) is 4.87. The maximum absolute atomic E-state index is 12.8. The predicted molar refractivity (Wildman–Crippen MR) is 111 cm³/mol. The van der Waals surface area contributed by atoms with Crippen molar-refractivity contribution in [3.8, 4) is 11.5 Å². The molecule has 168 valence electrons. The van der Waals surface area contributed by atoms with Crippen LogP contribution in [0.3, 0.4) is 0 Å². The zero-order valence-corrected chi connectivity index (χ0v) is 17.5. The Bertz CT molecular complexity index is 1230. The third-order valence-corrected chi connectivity index (χ3v) is 6.25. The van der Waals surface area contributed by atoms with Crippen molar-refractivity contribution in [2.45, 2.75) is 25.2 Å². The van der Waals surface area contributed by atoms with Gasteiger partial charge in [0.15, 0.2) is 0 Å². The summed E-state index contributed by atoms with van der Waals surface area (Å²) in [6, 6.07) is 3.47. The van der Waals surface area contributed by atoms with Crippen LogP contribution in [0.15, 0.2) is 29.5 Å². The molecule has 4 rings (SSSR count). The molecule has 0 aromatic heterocycles. The van der Waals surface area contributed by atoms with E-state index in [0.29, 0.717) is 10.9 Å². The molecule has 1 amide bonds. The number of aryl methyl sites for hydroxylation is 1. The molecule has 0 bridgehead atoms. The molecule has 0 unspecified atom stereocenters. The fourth-order valence-corrected chi connectivity index (χ4v) is 4.87. The summed E-state index contributed by atoms with van der Waals surface area (Å²) in [5.74, 6) is -5.73. The normalized spacial score (nSPS) is 25.4. The third kappa shape index (κ3) is 2.76. The van der Waals surface area contributed by atoms with E-state index in [-0.39, 0.29) is 22.3 Å². The van der Waals surface area contributed by atoms with Crippen LogP contribution in [-0.4, -0.2) is 69.2 Å². The molecular weight excluding hydrogens is 420 g/mol. The molecule has 10 heteroatoms. The van der Waals surface area contributed by atoms with Gasteiger partial charge in [-0.1, -0.05) is 12.1 Å². The molecule has 2 aromatic carbocycles. The summed E-state index contributed by atoms with van der Waals surface area (Å²) in [6.07, 6.45) is -3.07. The lowest BCUT2D eigenvalue weighted by Gasteiger charge is -2.40. The van der Waals surface area contributed by atoms with Crippen molar-refractivity contribution < 1.29 is 39.5 Å². The smallest absolute Gasteiger partial charge is 0.343 e.